The van der Waals surface area contributed by atoms with Gasteiger partial charge in [0.25, 0.3) is 0 Å². The summed E-state index contributed by atoms with van der Waals surface area (Å²) in [7, 11) is -3.07. The van der Waals surface area contributed by atoms with Crippen molar-refractivity contribution in [3.8, 4) is 0 Å². The van der Waals surface area contributed by atoms with Crippen molar-refractivity contribution >= 4 is 10.0 Å². The van der Waals surface area contributed by atoms with Crippen molar-refractivity contribution in [2.75, 3.05) is 31.9 Å². The van der Waals surface area contributed by atoms with Gasteiger partial charge >= 0.3 is 0 Å². The molecule has 8 heteroatoms. The monoisotopic (exact) mass is 369 g/mol. The second-order valence-electron chi connectivity index (χ2n) is 7.40. The smallest absolute Gasteiger partial charge is 0.213 e. The van der Waals surface area contributed by atoms with E-state index < -0.39 is 10.0 Å². The van der Waals surface area contributed by atoms with E-state index in [4.69, 9.17) is 0 Å². The van der Waals surface area contributed by atoms with Gasteiger partial charge in [0.15, 0.2) is 0 Å². The first-order valence-electron chi connectivity index (χ1n) is 9.62. The summed E-state index contributed by atoms with van der Waals surface area (Å²) in [6.07, 6.45) is 7.56. The molecule has 3 rings (SSSR count). The minimum Gasteiger partial charge on any atom is -0.297 e. The lowest BCUT2D eigenvalue weighted by atomic mass is 10.0. The maximum atomic E-state index is 12.0. The van der Waals surface area contributed by atoms with Crippen LogP contribution in [0, 0.1) is 5.92 Å². The van der Waals surface area contributed by atoms with E-state index in [2.05, 4.69) is 28.3 Å². The standard InChI is InChI=1S/C17H31N5O2S/c1-3-5-15-6-9-20(12-15)13-16-14-22(19-18-16)17-7-10-21(11-8-17)25(23,24)4-2/h14-15,17H,3-13H2,1-2H3. The molecule has 142 valence electrons. The zero-order valence-corrected chi connectivity index (χ0v) is 16.3. The summed E-state index contributed by atoms with van der Waals surface area (Å²) in [5.74, 6) is 1.02. The Bertz CT molecular complexity index is 652. The number of sulfonamides is 1. The SMILES string of the molecule is CCCC1CCN(Cc2cn(C3CCN(S(=O)(=O)CC)CC3)nn2)C1. The third-order valence-corrected chi connectivity index (χ3v) is 7.45. The number of hydrogen-bond donors (Lipinski definition) is 0. The van der Waals surface area contributed by atoms with Crippen LogP contribution in [0.1, 0.15) is 57.7 Å². The molecule has 0 amide bonds. The molecule has 0 aliphatic carbocycles. The lowest BCUT2D eigenvalue weighted by Crippen LogP contribution is -2.39. The molecule has 2 saturated heterocycles. The predicted octanol–water partition coefficient (Wildman–Crippen LogP) is 1.89. The van der Waals surface area contributed by atoms with Crippen molar-refractivity contribution in [3.63, 3.8) is 0 Å². The van der Waals surface area contributed by atoms with Gasteiger partial charge in [-0.05, 0) is 45.1 Å². The number of likely N-dealkylation sites (tertiary alicyclic amines) is 1. The van der Waals surface area contributed by atoms with Crippen molar-refractivity contribution in [1.29, 1.82) is 0 Å². The molecule has 1 aromatic rings. The van der Waals surface area contributed by atoms with Crippen molar-refractivity contribution < 1.29 is 8.42 Å². The minimum atomic E-state index is -3.07. The molecule has 1 unspecified atom stereocenters. The zero-order chi connectivity index (χ0) is 17.9. The molecular weight excluding hydrogens is 338 g/mol. The number of hydrogen-bond acceptors (Lipinski definition) is 5. The van der Waals surface area contributed by atoms with E-state index >= 15 is 0 Å². The number of rotatable bonds is 7. The maximum Gasteiger partial charge on any atom is 0.213 e. The van der Waals surface area contributed by atoms with Crippen molar-refractivity contribution in [2.45, 2.75) is 58.5 Å². The van der Waals surface area contributed by atoms with Crippen LogP contribution in [0.3, 0.4) is 0 Å². The summed E-state index contributed by atoms with van der Waals surface area (Å²) < 4.78 is 27.5. The molecule has 0 spiro atoms. The van der Waals surface area contributed by atoms with E-state index in [1.807, 2.05) is 4.68 Å². The van der Waals surface area contributed by atoms with E-state index in [0.717, 1.165) is 37.5 Å². The third-order valence-electron chi connectivity index (χ3n) is 5.57. The average molecular weight is 370 g/mol. The van der Waals surface area contributed by atoms with Gasteiger partial charge < -0.3 is 0 Å². The van der Waals surface area contributed by atoms with E-state index in [1.54, 1.807) is 11.2 Å². The summed E-state index contributed by atoms with van der Waals surface area (Å²) in [6.45, 7) is 8.34. The van der Waals surface area contributed by atoms with Crippen LogP contribution in [0.15, 0.2) is 6.20 Å². The van der Waals surface area contributed by atoms with Crippen molar-refractivity contribution in [1.82, 2.24) is 24.2 Å². The van der Waals surface area contributed by atoms with Crippen molar-refractivity contribution in [2.24, 2.45) is 5.92 Å². The summed E-state index contributed by atoms with van der Waals surface area (Å²) >= 11 is 0. The Morgan fingerprint density at radius 3 is 2.60 bits per heavy atom. The fourth-order valence-corrected chi connectivity index (χ4v) is 5.19. The van der Waals surface area contributed by atoms with Crippen LogP contribution < -0.4 is 0 Å². The highest BCUT2D eigenvalue weighted by Gasteiger charge is 2.28. The van der Waals surface area contributed by atoms with Gasteiger partial charge in [-0.25, -0.2) is 17.4 Å². The molecule has 3 heterocycles. The average Bonchev–Trinajstić information content (AvgIpc) is 3.25. The molecule has 0 saturated carbocycles. The van der Waals surface area contributed by atoms with Gasteiger partial charge in [-0.15, -0.1) is 5.10 Å². The second kappa shape index (κ2) is 8.14. The van der Waals surface area contributed by atoms with Gasteiger partial charge in [-0.2, -0.15) is 0 Å². The van der Waals surface area contributed by atoms with E-state index in [9.17, 15) is 8.42 Å². The molecule has 0 aromatic carbocycles. The lowest BCUT2D eigenvalue weighted by Gasteiger charge is -2.30. The molecule has 2 aliphatic rings. The zero-order valence-electron chi connectivity index (χ0n) is 15.5. The van der Waals surface area contributed by atoms with Crippen LogP contribution in [-0.4, -0.2) is 64.5 Å². The van der Waals surface area contributed by atoms with Crippen molar-refractivity contribution in [3.05, 3.63) is 11.9 Å². The molecule has 0 radical (unpaired) electrons. The second-order valence-corrected chi connectivity index (χ2v) is 9.66. The molecular formula is C17H31N5O2S. The van der Waals surface area contributed by atoms with Crippen LogP contribution in [-0.2, 0) is 16.6 Å². The highest BCUT2D eigenvalue weighted by molar-refractivity contribution is 7.89. The summed E-state index contributed by atoms with van der Waals surface area (Å²) in [4.78, 5) is 2.48. The fraction of sp³-hybridized carbons (Fsp3) is 0.882. The molecule has 1 aromatic heterocycles. The largest absolute Gasteiger partial charge is 0.297 e. The Morgan fingerprint density at radius 1 is 1.16 bits per heavy atom. The highest BCUT2D eigenvalue weighted by atomic mass is 32.2. The van der Waals surface area contributed by atoms with Gasteiger partial charge in [-0.1, -0.05) is 18.6 Å². The van der Waals surface area contributed by atoms with Gasteiger partial charge in [0.05, 0.1) is 23.7 Å². The first-order chi connectivity index (χ1) is 12.0. The lowest BCUT2D eigenvalue weighted by molar-refractivity contribution is 0.258. The first kappa shape index (κ1) is 18.8. The molecule has 1 atom stereocenters. The highest BCUT2D eigenvalue weighted by Crippen LogP contribution is 2.25. The van der Waals surface area contributed by atoms with Gasteiger partial charge in [0.1, 0.15) is 0 Å². The number of piperidine rings is 1. The van der Waals surface area contributed by atoms with Crippen LogP contribution in [0.4, 0.5) is 0 Å². The fourth-order valence-electron chi connectivity index (χ4n) is 4.06. The Morgan fingerprint density at radius 2 is 1.92 bits per heavy atom. The van der Waals surface area contributed by atoms with Crippen LogP contribution in [0.25, 0.3) is 0 Å². The van der Waals surface area contributed by atoms with Gasteiger partial charge in [0.2, 0.25) is 10.0 Å². The van der Waals surface area contributed by atoms with Crippen LogP contribution in [0.5, 0.6) is 0 Å². The molecule has 2 fully saturated rings. The van der Waals surface area contributed by atoms with Gasteiger partial charge in [-0.3, -0.25) is 4.90 Å². The maximum absolute atomic E-state index is 12.0. The molecule has 2 aliphatic heterocycles. The third kappa shape index (κ3) is 4.60. The first-order valence-corrected chi connectivity index (χ1v) is 11.2. The van der Waals surface area contributed by atoms with E-state index in [-0.39, 0.29) is 11.8 Å². The normalized spacial score (nSPS) is 24.2. The molecule has 0 bridgehead atoms. The van der Waals surface area contributed by atoms with Gasteiger partial charge in [0, 0.05) is 26.2 Å². The Balaban J connectivity index is 1.51. The van der Waals surface area contributed by atoms with Crippen LogP contribution in [0.2, 0.25) is 0 Å². The molecule has 25 heavy (non-hydrogen) atoms. The topological polar surface area (TPSA) is 71.3 Å². The Labute approximate surface area is 151 Å². The van der Waals surface area contributed by atoms with E-state index in [1.165, 1.54) is 25.8 Å². The quantitative estimate of drug-likeness (QED) is 0.734. The number of aromatic nitrogens is 3. The van der Waals surface area contributed by atoms with Crippen LogP contribution >= 0.6 is 0 Å². The Hall–Kier alpha value is -0.990. The predicted molar refractivity (Wildman–Crippen MR) is 97.6 cm³/mol. The number of nitrogens with zero attached hydrogens (tertiary/aromatic N) is 5. The summed E-state index contributed by atoms with van der Waals surface area (Å²) in [6, 6.07) is 0.260. The molecule has 7 nitrogen and oxygen atoms in total. The van der Waals surface area contributed by atoms with E-state index in [0.29, 0.717) is 13.1 Å². The summed E-state index contributed by atoms with van der Waals surface area (Å²) in [5.41, 5.74) is 1.03. The summed E-state index contributed by atoms with van der Waals surface area (Å²) in [5, 5.41) is 8.67. The molecule has 0 N–H and O–H groups in total. The minimum absolute atomic E-state index is 0.181. The Kier molecular flexibility index (Phi) is 6.12.